The molecule has 0 N–H and O–H groups in total. The molecule has 0 aliphatic rings. The second-order valence-electron chi connectivity index (χ2n) is 4.27. The molecule has 0 aliphatic heterocycles. The van der Waals surface area contributed by atoms with Crippen molar-refractivity contribution in [1.82, 2.24) is 4.90 Å². The van der Waals surface area contributed by atoms with E-state index in [2.05, 4.69) is 0 Å². The molecule has 0 atom stereocenters. The van der Waals surface area contributed by atoms with Crippen molar-refractivity contribution in [2.24, 2.45) is 0 Å². The molecule has 5 heteroatoms. The minimum absolute atomic E-state index is 0.197. The van der Waals surface area contributed by atoms with E-state index in [0.717, 1.165) is 11.8 Å². The molecule has 1 amide bonds. The maximum Gasteiger partial charge on any atom is 0.257 e. The van der Waals surface area contributed by atoms with Gasteiger partial charge in [-0.3, -0.25) is 4.79 Å². The Labute approximate surface area is 109 Å². The number of hydrogen-bond donors (Lipinski definition) is 0. The number of hydrogen-bond acceptors (Lipinski definition) is 2. The van der Waals surface area contributed by atoms with Gasteiger partial charge in [0.1, 0.15) is 11.5 Å². The topological polar surface area (TPSA) is 33.5 Å². The number of aryl methyl sites for hydroxylation is 1. The molecule has 3 nitrogen and oxygen atoms in total. The zero-order valence-electron chi connectivity index (χ0n) is 10.6. The predicted molar refractivity (Wildman–Crippen MR) is 65.6 cm³/mol. The average Bonchev–Trinajstić information content (AvgIpc) is 2.77. The van der Waals surface area contributed by atoms with E-state index in [1.807, 2.05) is 0 Å². The van der Waals surface area contributed by atoms with Crippen molar-refractivity contribution < 1.29 is 18.0 Å². The molecule has 1 aromatic carbocycles. The lowest BCUT2D eigenvalue weighted by Crippen LogP contribution is -2.27. The Hall–Kier alpha value is -2.17. The van der Waals surface area contributed by atoms with Gasteiger partial charge in [0.15, 0.2) is 11.6 Å². The molecule has 0 saturated heterocycles. The minimum Gasteiger partial charge on any atom is -0.464 e. The first-order valence-corrected chi connectivity index (χ1v) is 5.74. The Balaban J connectivity index is 2.17. The number of amides is 1. The van der Waals surface area contributed by atoms with E-state index in [1.165, 1.54) is 24.1 Å². The Morgan fingerprint density at radius 2 is 2.00 bits per heavy atom. The van der Waals surface area contributed by atoms with Crippen LogP contribution in [0.1, 0.15) is 21.9 Å². The fourth-order valence-corrected chi connectivity index (χ4v) is 1.75. The van der Waals surface area contributed by atoms with Crippen molar-refractivity contribution >= 4 is 5.91 Å². The summed E-state index contributed by atoms with van der Waals surface area (Å²) in [6, 6.07) is 7.04. The molecule has 0 spiro atoms. The monoisotopic (exact) mass is 265 g/mol. The Bertz CT molecular complexity index is 607. The molecule has 0 saturated carbocycles. The van der Waals surface area contributed by atoms with E-state index in [1.54, 1.807) is 19.1 Å². The largest absolute Gasteiger partial charge is 0.464 e. The van der Waals surface area contributed by atoms with Crippen molar-refractivity contribution in [3.63, 3.8) is 0 Å². The highest BCUT2D eigenvalue weighted by atomic mass is 19.2. The number of halogens is 2. The fraction of sp³-hybridized carbons (Fsp3) is 0.214. The third-order valence-electron chi connectivity index (χ3n) is 2.72. The zero-order valence-corrected chi connectivity index (χ0v) is 10.6. The van der Waals surface area contributed by atoms with Crippen LogP contribution in [0.4, 0.5) is 8.78 Å². The van der Waals surface area contributed by atoms with Crippen LogP contribution in [-0.4, -0.2) is 17.9 Å². The maximum absolute atomic E-state index is 13.5. The van der Waals surface area contributed by atoms with Crippen molar-refractivity contribution in [2.75, 3.05) is 7.05 Å². The number of benzene rings is 1. The summed E-state index contributed by atoms with van der Waals surface area (Å²) < 4.78 is 31.9. The summed E-state index contributed by atoms with van der Waals surface area (Å²) >= 11 is 0. The molecular formula is C14H13F2NO2. The lowest BCUT2D eigenvalue weighted by molar-refractivity contribution is 0.0769. The van der Waals surface area contributed by atoms with Gasteiger partial charge in [0.05, 0.1) is 12.1 Å². The van der Waals surface area contributed by atoms with E-state index >= 15 is 0 Å². The lowest BCUT2D eigenvalue weighted by Gasteiger charge is -2.16. The Morgan fingerprint density at radius 1 is 1.26 bits per heavy atom. The third-order valence-corrected chi connectivity index (χ3v) is 2.72. The lowest BCUT2D eigenvalue weighted by atomic mass is 10.2. The van der Waals surface area contributed by atoms with Gasteiger partial charge in [-0.1, -0.05) is 6.07 Å². The summed E-state index contributed by atoms with van der Waals surface area (Å²) in [5.74, 6) is -1.44. The summed E-state index contributed by atoms with van der Waals surface area (Å²) in [4.78, 5) is 13.3. The van der Waals surface area contributed by atoms with Crippen LogP contribution in [0.3, 0.4) is 0 Å². The first-order chi connectivity index (χ1) is 8.99. The molecule has 0 aliphatic carbocycles. The average molecular weight is 265 g/mol. The molecule has 2 rings (SSSR count). The van der Waals surface area contributed by atoms with Crippen LogP contribution >= 0.6 is 0 Å². The fourth-order valence-electron chi connectivity index (χ4n) is 1.75. The highest BCUT2D eigenvalue weighted by molar-refractivity contribution is 5.94. The number of carbonyl (C=O) groups is 1. The van der Waals surface area contributed by atoms with Crippen LogP contribution in [0.2, 0.25) is 0 Å². The Morgan fingerprint density at radius 3 is 2.63 bits per heavy atom. The van der Waals surface area contributed by atoms with Gasteiger partial charge in [-0.05, 0) is 31.2 Å². The maximum atomic E-state index is 13.5. The van der Waals surface area contributed by atoms with Crippen molar-refractivity contribution in [2.45, 2.75) is 13.5 Å². The van der Waals surface area contributed by atoms with Gasteiger partial charge in [0.2, 0.25) is 0 Å². The van der Waals surface area contributed by atoms with Crippen molar-refractivity contribution in [3.05, 3.63) is 59.1 Å². The van der Waals surface area contributed by atoms with Crippen LogP contribution in [0.5, 0.6) is 0 Å². The van der Waals surface area contributed by atoms with Gasteiger partial charge in [0, 0.05) is 7.05 Å². The second-order valence-corrected chi connectivity index (χ2v) is 4.27. The van der Waals surface area contributed by atoms with Gasteiger partial charge in [-0.2, -0.15) is 0 Å². The van der Waals surface area contributed by atoms with Gasteiger partial charge in [0.25, 0.3) is 5.91 Å². The summed E-state index contributed by atoms with van der Waals surface area (Å²) in [6.07, 6.45) is 0. The highest BCUT2D eigenvalue weighted by Crippen LogP contribution is 2.15. The molecular weight excluding hydrogens is 252 g/mol. The molecule has 19 heavy (non-hydrogen) atoms. The summed E-state index contributed by atoms with van der Waals surface area (Å²) in [6.45, 7) is 1.99. The minimum atomic E-state index is -1.13. The quantitative estimate of drug-likeness (QED) is 0.854. The zero-order chi connectivity index (χ0) is 14.0. The standard InChI is InChI=1S/C14H13F2NO2/c1-9-6-7-10(19-9)8-17(2)14(18)11-4-3-5-12(15)13(11)16/h3-7H,8H2,1-2H3. The van der Waals surface area contributed by atoms with Crippen molar-refractivity contribution in [3.8, 4) is 0 Å². The molecule has 100 valence electrons. The second kappa shape index (κ2) is 5.22. The molecule has 0 fully saturated rings. The van der Waals surface area contributed by atoms with E-state index in [-0.39, 0.29) is 12.1 Å². The smallest absolute Gasteiger partial charge is 0.257 e. The molecule has 1 heterocycles. The summed E-state index contributed by atoms with van der Waals surface area (Å²) in [5, 5.41) is 0. The summed E-state index contributed by atoms with van der Waals surface area (Å²) in [5.41, 5.74) is -0.286. The molecule has 0 bridgehead atoms. The Kier molecular flexibility index (Phi) is 3.64. The highest BCUT2D eigenvalue weighted by Gasteiger charge is 2.19. The van der Waals surface area contributed by atoms with E-state index in [4.69, 9.17) is 4.42 Å². The van der Waals surface area contributed by atoms with Gasteiger partial charge >= 0.3 is 0 Å². The van der Waals surface area contributed by atoms with Crippen LogP contribution in [-0.2, 0) is 6.54 Å². The van der Waals surface area contributed by atoms with Crippen molar-refractivity contribution in [1.29, 1.82) is 0 Å². The predicted octanol–water partition coefficient (Wildman–Crippen LogP) is 3.14. The van der Waals surface area contributed by atoms with Crippen LogP contribution < -0.4 is 0 Å². The third kappa shape index (κ3) is 2.81. The first-order valence-electron chi connectivity index (χ1n) is 5.74. The molecule has 0 unspecified atom stereocenters. The van der Waals surface area contributed by atoms with Gasteiger partial charge in [-0.25, -0.2) is 8.78 Å². The van der Waals surface area contributed by atoms with E-state index in [0.29, 0.717) is 5.76 Å². The number of carbonyl (C=O) groups excluding carboxylic acids is 1. The number of nitrogens with zero attached hydrogens (tertiary/aromatic N) is 1. The van der Waals surface area contributed by atoms with E-state index < -0.39 is 17.5 Å². The first kappa shape index (κ1) is 13.3. The van der Waals surface area contributed by atoms with Crippen LogP contribution in [0, 0.1) is 18.6 Å². The normalized spacial score (nSPS) is 10.5. The number of furan rings is 1. The SMILES string of the molecule is Cc1ccc(CN(C)C(=O)c2cccc(F)c2F)o1. The molecule has 0 radical (unpaired) electrons. The molecule has 1 aromatic heterocycles. The van der Waals surface area contributed by atoms with Gasteiger partial charge < -0.3 is 9.32 Å². The van der Waals surface area contributed by atoms with Gasteiger partial charge in [-0.15, -0.1) is 0 Å². The van der Waals surface area contributed by atoms with E-state index in [9.17, 15) is 13.6 Å². The van der Waals surface area contributed by atoms with Crippen LogP contribution in [0.25, 0.3) is 0 Å². The van der Waals surface area contributed by atoms with Crippen LogP contribution in [0.15, 0.2) is 34.7 Å². The number of rotatable bonds is 3. The molecule has 2 aromatic rings. The summed E-state index contributed by atoms with van der Waals surface area (Å²) in [7, 11) is 1.50.